The van der Waals surface area contributed by atoms with Crippen molar-refractivity contribution in [2.45, 2.75) is 25.1 Å². The molecular formula is C24H15F6NO. The summed E-state index contributed by atoms with van der Waals surface area (Å²) in [5.41, 5.74) is -4.92. The minimum Gasteiger partial charge on any atom is -0.353 e. The van der Waals surface area contributed by atoms with Gasteiger partial charge in [0.05, 0.1) is 0 Å². The summed E-state index contributed by atoms with van der Waals surface area (Å²) >= 11 is 0. The largest absolute Gasteiger partial charge is 0.353 e. The van der Waals surface area contributed by atoms with Gasteiger partial charge in [-0.1, -0.05) is 37.0 Å². The monoisotopic (exact) mass is 447 g/mol. The highest BCUT2D eigenvalue weighted by Gasteiger charge is 2.50. The first kappa shape index (κ1) is 23.2. The van der Waals surface area contributed by atoms with Gasteiger partial charge in [0.15, 0.2) is 6.17 Å². The van der Waals surface area contributed by atoms with Gasteiger partial charge in [0.2, 0.25) is 5.60 Å². The third-order valence-corrected chi connectivity index (χ3v) is 4.71. The maximum absolute atomic E-state index is 15.3. The molecule has 0 bridgehead atoms. The fraction of sp³-hybridized carbons (Fsp3) is 0.208. The molecule has 32 heavy (non-hydrogen) atoms. The van der Waals surface area contributed by atoms with Crippen molar-refractivity contribution in [1.29, 1.82) is 5.26 Å². The first-order valence-corrected chi connectivity index (χ1v) is 9.47. The second-order valence-corrected chi connectivity index (χ2v) is 6.86. The highest BCUT2D eigenvalue weighted by Crippen LogP contribution is 2.43. The zero-order valence-corrected chi connectivity index (χ0v) is 16.7. The Hall–Kier alpha value is -3.49. The molecule has 0 N–H and O–H groups in total. The van der Waals surface area contributed by atoms with Crippen molar-refractivity contribution in [3.63, 3.8) is 0 Å². The third-order valence-electron chi connectivity index (χ3n) is 4.71. The van der Waals surface area contributed by atoms with Crippen LogP contribution in [0.2, 0.25) is 0 Å². The predicted octanol–water partition coefficient (Wildman–Crippen LogP) is 6.08. The van der Waals surface area contributed by atoms with E-state index in [0.29, 0.717) is 24.6 Å². The Bertz CT molecular complexity index is 1190. The second-order valence-electron chi connectivity index (χ2n) is 6.86. The molecule has 0 radical (unpaired) electrons. The molecule has 8 heteroatoms. The Morgan fingerprint density at radius 2 is 1.69 bits per heavy atom. The number of nitrogens with zero attached hydrogens (tertiary/aromatic N) is 1. The molecule has 0 aliphatic heterocycles. The van der Waals surface area contributed by atoms with Gasteiger partial charge in [-0.15, -0.1) is 0 Å². The topological polar surface area (TPSA) is 33.0 Å². The molecule has 0 saturated carbocycles. The van der Waals surface area contributed by atoms with E-state index in [4.69, 9.17) is 10.00 Å². The number of hydrogen-bond acceptors (Lipinski definition) is 2. The fourth-order valence-corrected chi connectivity index (χ4v) is 3.11. The highest BCUT2D eigenvalue weighted by molar-refractivity contribution is 5.79. The fourth-order valence-electron chi connectivity index (χ4n) is 3.11. The van der Waals surface area contributed by atoms with Crippen LogP contribution in [0.4, 0.5) is 26.3 Å². The first-order chi connectivity index (χ1) is 15.2. The van der Waals surface area contributed by atoms with E-state index in [1.807, 2.05) is 0 Å². The molecule has 0 fully saturated rings. The van der Waals surface area contributed by atoms with E-state index in [-0.39, 0.29) is 17.7 Å². The number of hydrogen-bond donors (Lipinski definition) is 0. The van der Waals surface area contributed by atoms with E-state index in [9.17, 15) is 17.6 Å². The number of halogens is 6. The summed E-state index contributed by atoms with van der Waals surface area (Å²) in [4.78, 5) is 0. The van der Waals surface area contributed by atoms with Crippen molar-refractivity contribution in [2.75, 3.05) is 6.61 Å². The van der Waals surface area contributed by atoms with Crippen LogP contribution in [-0.2, 0) is 4.74 Å². The van der Waals surface area contributed by atoms with Gasteiger partial charge in [-0.2, -0.15) is 5.26 Å². The predicted molar refractivity (Wildman–Crippen MR) is 105 cm³/mol. The zero-order chi connectivity index (χ0) is 23.5. The number of ether oxygens (including phenoxy) is 1. The van der Waals surface area contributed by atoms with Gasteiger partial charge in [0.25, 0.3) is 0 Å². The van der Waals surface area contributed by atoms with Crippen molar-refractivity contribution in [1.82, 2.24) is 0 Å². The Labute approximate surface area is 180 Å². The summed E-state index contributed by atoms with van der Waals surface area (Å²) in [6.45, 7) is 1.43. The lowest BCUT2D eigenvalue weighted by molar-refractivity contribution is -0.0378. The number of benzene rings is 2. The van der Waals surface area contributed by atoms with Crippen LogP contribution in [0, 0.1) is 40.6 Å². The van der Waals surface area contributed by atoms with E-state index in [2.05, 4.69) is 11.8 Å². The number of alkyl halides is 1. The van der Waals surface area contributed by atoms with Gasteiger partial charge in [0.1, 0.15) is 40.7 Å². The minimum absolute atomic E-state index is 0.214. The SMILES string of the molecule is CCCOC1(C#Cc2cc(F)c(C#N)c(F)c2)C(F)=CC(c2ccccc2F)=C(F)C1F. The van der Waals surface area contributed by atoms with Crippen LogP contribution >= 0.6 is 0 Å². The number of rotatable bonds is 4. The van der Waals surface area contributed by atoms with E-state index >= 15 is 8.78 Å². The van der Waals surface area contributed by atoms with Crippen molar-refractivity contribution >= 4 is 5.57 Å². The molecular weight excluding hydrogens is 432 g/mol. The van der Waals surface area contributed by atoms with Gasteiger partial charge in [-0.3, -0.25) is 0 Å². The Balaban J connectivity index is 2.12. The molecule has 0 spiro atoms. The average Bonchev–Trinajstić information content (AvgIpc) is 2.76. The average molecular weight is 447 g/mol. The quantitative estimate of drug-likeness (QED) is 0.421. The van der Waals surface area contributed by atoms with Gasteiger partial charge in [-0.25, -0.2) is 26.3 Å². The van der Waals surface area contributed by atoms with E-state index in [1.54, 1.807) is 6.92 Å². The molecule has 0 aromatic heterocycles. The second kappa shape index (κ2) is 9.33. The van der Waals surface area contributed by atoms with Crippen molar-refractivity contribution in [3.05, 3.63) is 88.3 Å². The molecule has 2 unspecified atom stereocenters. The standard InChI is InChI=1S/C24H15F6NO/c1-2-9-32-24(8-7-14-10-19(26)17(13-31)20(27)11-14)21(28)12-16(22(29)23(24)30)15-5-3-4-6-18(15)25/h3-6,10-12,23H,2,9H2,1H3. The summed E-state index contributed by atoms with van der Waals surface area (Å²) in [6, 6.07) is 7.63. The smallest absolute Gasteiger partial charge is 0.218 e. The van der Waals surface area contributed by atoms with E-state index < -0.39 is 52.0 Å². The van der Waals surface area contributed by atoms with Gasteiger partial charge in [-0.05, 0) is 30.7 Å². The van der Waals surface area contributed by atoms with Gasteiger partial charge in [0, 0.05) is 23.3 Å². The van der Waals surface area contributed by atoms with Crippen molar-refractivity contribution in [2.24, 2.45) is 0 Å². The molecule has 1 aliphatic carbocycles. The normalized spacial score (nSPS) is 20.3. The lowest BCUT2D eigenvalue weighted by atomic mass is 9.85. The van der Waals surface area contributed by atoms with Crippen molar-refractivity contribution < 1.29 is 31.1 Å². The lowest BCUT2D eigenvalue weighted by Gasteiger charge is -2.33. The number of allylic oxidation sites excluding steroid dienone is 2. The summed E-state index contributed by atoms with van der Waals surface area (Å²) in [5, 5.41) is 8.73. The van der Waals surface area contributed by atoms with Crippen molar-refractivity contribution in [3.8, 4) is 17.9 Å². The molecule has 0 amide bonds. The summed E-state index contributed by atoms with van der Waals surface area (Å²) < 4.78 is 92.4. The molecule has 2 aromatic rings. The Morgan fingerprint density at radius 1 is 1.03 bits per heavy atom. The zero-order valence-electron chi connectivity index (χ0n) is 16.7. The van der Waals surface area contributed by atoms with Crippen LogP contribution in [0.5, 0.6) is 0 Å². The minimum atomic E-state index is -2.78. The highest BCUT2D eigenvalue weighted by atomic mass is 19.2. The molecule has 2 nitrogen and oxygen atoms in total. The van der Waals surface area contributed by atoms with Gasteiger partial charge < -0.3 is 4.74 Å². The maximum Gasteiger partial charge on any atom is 0.218 e. The van der Waals surface area contributed by atoms with Crippen LogP contribution in [0.1, 0.15) is 30.0 Å². The van der Waals surface area contributed by atoms with Crippen LogP contribution in [0.3, 0.4) is 0 Å². The van der Waals surface area contributed by atoms with E-state index in [0.717, 1.165) is 12.1 Å². The van der Waals surface area contributed by atoms with E-state index in [1.165, 1.54) is 18.2 Å². The molecule has 2 atom stereocenters. The van der Waals surface area contributed by atoms with Gasteiger partial charge >= 0.3 is 0 Å². The maximum atomic E-state index is 15.3. The molecule has 3 rings (SSSR count). The molecule has 0 saturated heterocycles. The van der Waals surface area contributed by atoms with Crippen LogP contribution in [0.15, 0.2) is 54.1 Å². The third kappa shape index (κ3) is 4.15. The first-order valence-electron chi connectivity index (χ1n) is 9.47. The van der Waals surface area contributed by atoms with Crippen LogP contribution in [-0.4, -0.2) is 18.4 Å². The molecule has 1 aliphatic rings. The van der Waals surface area contributed by atoms with Crippen LogP contribution in [0.25, 0.3) is 5.57 Å². The lowest BCUT2D eigenvalue weighted by Crippen LogP contribution is -2.45. The summed E-state index contributed by atoms with van der Waals surface area (Å²) in [5.74, 6) is -1.84. The Kier molecular flexibility index (Phi) is 6.76. The van der Waals surface area contributed by atoms with Crippen LogP contribution < -0.4 is 0 Å². The summed E-state index contributed by atoms with van der Waals surface area (Å²) in [7, 11) is 0. The molecule has 2 aromatic carbocycles. The molecule has 164 valence electrons. The Morgan fingerprint density at radius 3 is 2.28 bits per heavy atom. The summed E-state index contributed by atoms with van der Waals surface area (Å²) in [6.07, 6.45) is -1.89. The number of nitriles is 1. The molecule has 0 heterocycles.